The number of nitrogens with zero attached hydrogens (tertiary/aromatic N) is 2. The highest BCUT2D eigenvalue weighted by Gasteiger charge is 2.33. The summed E-state index contributed by atoms with van der Waals surface area (Å²) in [6.45, 7) is 6.73. The predicted molar refractivity (Wildman–Crippen MR) is 124 cm³/mol. The van der Waals surface area contributed by atoms with Gasteiger partial charge >= 0.3 is 0 Å². The standard InChI is InChI=1S/C22H29N5O5S/c1-4-14(21(29)25-8-7-12(2)3)27(10-13-5-6-15-16(9-13)32-11-31-15)22(30)19-17(23)18(20(24)28)26-33-19/h5-6,9,12,14H,4,7-8,10-11,23H2,1-3H3,(H2,24,28)(H,25,29). The van der Waals surface area contributed by atoms with Crippen molar-refractivity contribution in [3.63, 3.8) is 0 Å². The fourth-order valence-electron chi connectivity index (χ4n) is 3.47. The quantitative estimate of drug-likeness (QED) is 0.476. The second kappa shape index (κ2) is 10.5. The van der Waals surface area contributed by atoms with E-state index in [-0.39, 0.29) is 35.5 Å². The van der Waals surface area contributed by atoms with Crippen LogP contribution >= 0.6 is 11.5 Å². The second-order valence-corrected chi connectivity index (χ2v) is 8.93. The van der Waals surface area contributed by atoms with E-state index in [4.69, 9.17) is 20.9 Å². The minimum absolute atomic E-state index is 0.0676. The van der Waals surface area contributed by atoms with Crippen LogP contribution in [0.4, 0.5) is 5.69 Å². The minimum atomic E-state index is -0.816. The Bertz CT molecular complexity index is 1040. The molecule has 2 aromatic rings. The Morgan fingerprint density at radius 1 is 1.24 bits per heavy atom. The summed E-state index contributed by atoms with van der Waals surface area (Å²) in [5, 5.41) is 2.92. The van der Waals surface area contributed by atoms with Gasteiger partial charge in [-0.1, -0.05) is 26.8 Å². The first-order chi connectivity index (χ1) is 15.7. The van der Waals surface area contributed by atoms with Gasteiger partial charge in [-0.25, -0.2) is 0 Å². The number of amides is 3. The number of anilines is 1. The summed E-state index contributed by atoms with van der Waals surface area (Å²) >= 11 is 0.790. The van der Waals surface area contributed by atoms with Gasteiger partial charge in [0.05, 0.1) is 5.69 Å². The lowest BCUT2D eigenvalue weighted by atomic mass is 10.1. The summed E-state index contributed by atoms with van der Waals surface area (Å²) in [6, 6.07) is 4.59. The largest absolute Gasteiger partial charge is 0.454 e. The zero-order valence-corrected chi connectivity index (χ0v) is 19.7. The first kappa shape index (κ1) is 24.3. The summed E-state index contributed by atoms with van der Waals surface area (Å²) in [4.78, 5) is 39.7. The maximum absolute atomic E-state index is 13.6. The molecule has 1 aromatic carbocycles. The molecule has 0 radical (unpaired) electrons. The van der Waals surface area contributed by atoms with Crippen LogP contribution in [0.15, 0.2) is 18.2 Å². The van der Waals surface area contributed by atoms with Crippen LogP contribution in [0.3, 0.4) is 0 Å². The van der Waals surface area contributed by atoms with Crippen molar-refractivity contribution in [3.05, 3.63) is 34.3 Å². The highest BCUT2D eigenvalue weighted by Crippen LogP contribution is 2.33. The Morgan fingerprint density at radius 2 is 1.97 bits per heavy atom. The normalized spacial score (nSPS) is 13.1. The van der Waals surface area contributed by atoms with Gasteiger partial charge in [-0.3, -0.25) is 14.4 Å². The van der Waals surface area contributed by atoms with Crippen molar-refractivity contribution in [2.45, 2.75) is 46.2 Å². The molecular formula is C22H29N5O5S. The van der Waals surface area contributed by atoms with Crippen LogP contribution < -0.4 is 26.3 Å². The molecular weight excluding hydrogens is 446 g/mol. The topological polar surface area (TPSA) is 150 Å². The molecule has 1 aliphatic rings. The predicted octanol–water partition coefficient (Wildman–Crippen LogP) is 2.14. The Kier molecular flexibility index (Phi) is 7.75. The summed E-state index contributed by atoms with van der Waals surface area (Å²) < 4.78 is 14.7. The van der Waals surface area contributed by atoms with Crippen LogP contribution in [-0.2, 0) is 11.3 Å². The maximum Gasteiger partial charge on any atom is 0.270 e. The molecule has 0 bridgehead atoms. The van der Waals surface area contributed by atoms with Crippen molar-refractivity contribution in [1.29, 1.82) is 0 Å². The minimum Gasteiger partial charge on any atom is -0.454 e. The van der Waals surface area contributed by atoms with Crippen LogP contribution in [0.1, 0.15) is 59.3 Å². The van der Waals surface area contributed by atoms with Crippen LogP contribution in [0.2, 0.25) is 0 Å². The number of primary amides is 1. The van der Waals surface area contributed by atoms with Gasteiger partial charge in [-0.15, -0.1) is 0 Å². The molecule has 1 aliphatic heterocycles. The van der Waals surface area contributed by atoms with E-state index in [9.17, 15) is 14.4 Å². The van der Waals surface area contributed by atoms with Crippen molar-refractivity contribution in [2.75, 3.05) is 19.1 Å². The lowest BCUT2D eigenvalue weighted by Crippen LogP contribution is -2.49. The first-order valence-corrected chi connectivity index (χ1v) is 11.5. The fraction of sp³-hybridized carbons (Fsp3) is 0.455. The highest BCUT2D eigenvalue weighted by atomic mass is 32.1. The second-order valence-electron chi connectivity index (χ2n) is 8.16. The number of ether oxygens (including phenoxy) is 2. The number of hydrogen-bond donors (Lipinski definition) is 3. The number of carbonyl (C=O) groups is 3. The molecule has 0 fully saturated rings. The van der Waals surface area contributed by atoms with E-state index in [1.807, 2.05) is 13.0 Å². The van der Waals surface area contributed by atoms with E-state index in [1.165, 1.54) is 4.90 Å². The molecule has 1 aromatic heterocycles. The van der Waals surface area contributed by atoms with E-state index in [2.05, 4.69) is 23.5 Å². The molecule has 0 aliphatic carbocycles. The Balaban J connectivity index is 1.91. The van der Waals surface area contributed by atoms with Crippen LogP contribution in [0.25, 0.3) is 0 Å². The zero-order valence-electron chi connectivity index (χ0n) is 18.9. The summed E-state index contributed by atoms with van der Waals surface area (Å²) in [6.07, 6.45) is 1.20. The highest BCUT2D eigenvalue weighted by molar-refractivity contribution is 7.09. The van der Waals surface area contributed by atoms with Gasteiger partial charge in [0, 0.05) is 13.1 Å². The van der Waals surface area contributed by atoms with Crippen molar-refractivity contribution in [1.82, 2.24) is 14.6 Å². The van der Waals surface area contributed by atoms with E-state index < -0.39 is 17.9 Å². The van der Waals surface area contributed by atoms with Gasteiger partial charge in [0.1, 0.15) is 10.9 Å². The molecule has 2 heterocycles. The number of nitrogens with two attached hydrogens (primary N) is 2. The first-order valence-electron chi connectivity index (χ1n) is 10.7. The number of benzene rings is 1. The SMILES string of the molecule is CCC(C(=O)NCCC(C)C)N(Cc1ccc2c(c1)OCO2)C(=O)c1snc(C(N)=O)c1N. The van der Waals surface area contributed by atoms with Gasteiger partial charge in [-0.05, 0) is 48.0 Å². The van der Waals surface area contributed by atoms with Gasteiger partial charge in [0.2, 0.25) is 12.7 Å². The maximum atomic E-state index is 13.6. The third-order valence-electron chi connectivity index (χ3n) is 5.29. The average molecular weight is 476 g/mol. The van der Waals surface area contributed by atoms with Crippen LogP contribution in [-0.4, -0.2) is 46.4 Å². The summed E-state index contributed by atoms with van der Waals surface area (Å²) in [5.74, 6) is 0.0478. The van der Waals surface area contributed by atoms with Gasteiger partial charge in [0.15, 0.2) is 17.2 Å². The molecule has 0 spiro atoms. The molecule has 1 unspecified atom stereocenters. The van der Waals surface area contributed by atoms with Gasteiger partial charge in [-0.2, -0.15) is 4.37 Å². The smallest absolute Gasteiger partial charge is 0.270 e. The van der Waals surface area contributed by atoms with Crippen molar-refractivity contribution < 1.29 is 23.9 Å². The average Bonchev–Trinajstić information content (AvgIpc) is 3.38. The number of aromatic nitrogens is 1. The molecule has 5 N–H and O–H groups in total. The lowest BCUT2D eigenvalue weighted by Gasteiger charge is -2.30. The zero-order chi connectivity index (χ0) is 24.1. The number of fused-ring (bicyclic) bond motifs is 1. The van der Waals surface area contributed by atoms with Crippen molar-refractivity contribution >= 4 is 34.9 Å². The molecule has 10 nitrogen and oxygen atoms in total. The van der Waals surface area contributed by atoms with Crippen LogP contribution in [0, 0.1) is 5.92 Å². The molecule has 1 atom stereocenters. The number of nitrogens with one attached hydrogen (secondary N) is 1. The van der Waals surface area contributed by atoms with Crippen molar-refractivity contribution in [3.8, 4) is 11.5 Å². The molecule has 3 amide bonds. The molecule has 0 saturated carbocycles. The third-order valence-corrected chi connectivity index (χ3v) is 6.14. The summed E-state index contributed by atoms with van der Waals surface area (Å²) in [5.41, 5.74) is 11.8. The Labute approximate surface area is 196 Å². The van der Waals surface area contributed by atoms with E-state index in [1.54, 1.807) is 12.1 Å². The van der Waals surface area contributed by atoms with Crippen molar-refractivity contribution in [2.24, 2.45) is 11.7 Å². The van der Waals surface area contributed by atoms with E-state index in [0.717, 1.165) is 23.5 Å². The van der Waals surface area contributed by atoms with E-state index in [0.29, 0.717) is 30.4 Å². The molecule has 178 valence electrons. The third kappa shape index (κ3) is 5.54. The fourth-order valence-corrected chi connectivity index (χ4v) is 4.23. The Morgan fingerprint density at radius 3 is 2.61 bits per heavy atom. The molecule has 0 saturated heterocycles. The summed E-state index contributed by atoms with van der Waals surface area (Å²) in [7, 11) is 0. The molecule has 11 heteroatoms. The van der Waals surface area contributed by atoms with Gasteiger partial charge < -0.3 is 31.2 Å². The van der Waals surface area contributed by atoms with Crippen LogP contribution in [0.5, 0.6) is 11.5 Å². The number of nitrogen functional groups attached to an aromatic ring is 1. The lowest BCUT2D eigenvalue weighted by molar-refractivity contribution is -0.126. The number of rotatable bonds is 10. The van der Waals surface area contributed by atoms with E-state index >= 15 is 0 Å². The number of hydrogen-bond acceptors (Lipinski definition) is 8. The van der Waals surface area contributed by atoms with Gasteiger partial charge in [0.25, 0.3) is 11.8 Å². The molecule has 33 heavy (non-hydrogen) atoms. The number of carbonyl (C=O) groups excluding carboxylic acids is 3. The Hall–Kier alpha value is -3.34. The monoisotopic (exact) mass is 475 g/mol. The molecule has 3 rings (SSSR count).